The second-order valence-corrected chi connectivity index (χ2v) is 19.3. The smallest absolute Gasteiger partial charge is 0.220 e. The second-order valence-electron chi connectivity index (χ2n) is 19.3. The van der Waals surface area contributed by atoms with Crippen LogP contribution < -0.4 is 10.6 Å². The zero-order valence-corrected chi connectivity index (χ0v) is 36.3. The Hall–Kier alpha value is -1.44. The summed E-state index contributed by atoms with van der Waals surface area (Å²) in [5.74, 6) is 3.46. The van der Waals surface area contributed by atoms with Crippen molar-refractivity contribution in [2.45, 2.75) is 201 Å². The summed E-state index contributed by atoms with van der Waals surface area (Å²) in [6, 6.07) is 0. The minimum atomic E-state index is -0.261. The highest BCUT2D eigenvalue weighted by atomic mass is 16.5. The number of fused-ring (bicyclic) bond motifs is 5. The summed E-state index contributed by atoms with van der Waals surface area (Å²) < 4.78 is 5.69. The first-order chi connectivity index (χ1) is 26.6. The van der Waals surface area contributed by atoms with E-state index in [1.807, 2.05) is 0 Å². The van der Waals surface area contributed by atoms with Crippen LogP contribution in [0.15, 0.2) is 12.2 Å². The van der Waals surface area contributed by atoms with Gasteiger partial charge in [0.25, 0.3) is 0 Å². The minimum Gasteiger partial charge on any atom is -0.393 e. The van der Waals surface area contributed by atoms with Gasteiger partial charge in [-0.05, 0) is 136 Å². The number of allylic oxidation sites excluding steroid dienone is 2. The van der Waals surface area contributed by atoms with Crippen LogP contribution in [-0.2, 0) is 14.3 Å². The van der Waals surface area contributed by atoms with Crippen LogP contribution >= 0.6 is 0 Å². The largest absolute Gasteiger partial charge is 0.393 e. The van der Waals surface area contributed by atoms with E-state index in [-0.39, 0.29) is 34.9 Å². The van der Waals surface area contributed by atoms with Gasteiger partial charge in [-0.1, -0.05) is 105 Å². The molecule has 0 aromatic carbocycles. The van der Waals surface area contributed by atoms with Crippen LogP contribution in [0.5, 0.6) is 0 Å². The number of unbranched alkanes of at least 4 members (excludes halogenated alkanes) is 11. The molecule has 0 aromatic rings. The average molecular weight is 771 g/mol. The van der Waals surface area contributed by atoms with Gasteiger partial charge in [0.1, 0.15) is 0 Å². The first-order valence-corrected chi connectivity index (χ1v) is 23.7. The Labute approximate surface area is 337 Å². The van der Waals surface area contributed by atoms with Gasteiger partial charge >= 0.3 is 0 Å². The number of rotatable bonds is 26. The number of amides is 2. The molecule has 1 unspecified atom stereocenters. The van der Waals surface area contributed by atoms with Gasteiger partial charge in [0.2, 0.25) is 11.8 Å². The highest BCUT2D eigenvalue weighted by Gasteiger charge is 2.64. The van der Waals surface area contributed by atoms with Crippen molar-refractivity contribution >= 4 is 11.8 Å². The summed E-state index contributed by atoms with van der Waals surface area (Å²) in [6.07, 6.45) is 31.3. The Morgan fingerprint density at radius 2 is 1.31 bits per heavy atom. The van der Waals surface area contributed by atoms with Crippen LogP contribution in [0.1, 0.15) is 189 Å². The Morgan fingerprint density at radius 1 is 0.727 bits per heavy atom. The van der Waals surface area contributed by atoms with Crippen molar-refractivity contribution in [3.8, 4) is 0 Å². The third-order valence-electron chi connectivity index (χ3n) is 15.8. The van der Waals surface area contributed by atoms with Crippen molar-refractivity contribution in [2.24, 2.45) is 52.3 Å². The molecule has 0 radical (unpaired) electrons. The molecule has 4 aliphatic rings. The van der Waals surface area contributed by atoms with E-state index >= 15 is 0 Å². The first kappa shape index (κ1) is 46.3. The summed E-state index contributed by atoms with van der Waals surface area (Å²) in [5, 5.41) is 28.6. The molecule has 4 N–H and O–H groups in total. The fourth-order valence-electron chi connectivity index (χ4n) is 12.7. The lowest BCUT2D eigenvalue weighted by Crippen LogP contribution is -2.62. The number of hydrogen-bond donors (Lipinski definition) is 4. The Bertz CT molecular complexity index is 1150. The van der Waals surface area contributed by atoms with Crippen LogP contribution in [0, 0.1) is 52.3 Å². The molecule has 4 aliphatic carbocycles. The maximum atomic E-state index is 12.8. The Balaban J connectivity index is 1.01. The third kappa shape index (κ3) is 13.0. The zero-order valence-electron chi connectivity index (χ0n) is 36.3. The van der Waals surface area contributed by atoms with E-state index in [1.54, 1.807) is 0 Å². The van der Waals surface area contributed by atoms with Crippen LogP contribution in [-0.4, -0.2) is 60.5 Å². The number of hydrogen-bond acceptors (Lipinski definition) is 5. The van der Waals surface area contributed by atoms with Crippen molar-refractivity contribution in [2.75, 3.05) is 26.3 Å². The lowest BCUT2D eigenvalue weighted by Gasteiger charge is -2.64. The second kappa shape index (κ2) is 23.8. The quantitative estimate of drug-likeness (QED) is 0.0518. The topological polar surface area (TPSA) is 108 Å². The summed E-state index contributed by atoms with van der Waals surface area (Å²) >= 11 is 0. The van der Waals surface area contributed by atoms with Gasteiger partial charge in [0, 0.05) is 25.9 Å². The summed E-state index contributed by atoms with van der Waals surface area (Å²) in [4.78, 5) is 25.0. The standard InChI is InChI=1S/C48H86N2O5/c1-6-8-9-10-11-12-13-14-15-16-17-18-19-20-21-22-43(52)49-31-33-55-34-32-50-44(53)26-23-36(3)39-24-25-40-45-41(28-30-47(39,40)4)48(5)29-27-37(51)35-42(48)38(7-2)46(45)54/h14-15,36-42,45-46,51,54H,6-13,16-35H2,1-5H3,(H,49,52)(H,50,53)/b15-14-/t36-,37-,38-,39?,40+,41+,42+,45+,46-,47-,48-/m1/s1. The molecule has 4 rings (SSSR count). The number of aliphatic hydroxyl groups is 2. The average Bonchev–Trinajstić information content (AvgIpc) is 3.53. The number of carbonyl (C=O) groups excluding carboxylic acids is 2. The molecule has 7 heteroatoms. The molecule has 0 saturated heterocycles. The van der Waals surface area contributed by atoms with Crippen molar-refractivity contribution < 1.29 is 24.5 Å². The molecule has 0 aliphatic heterocycles. The van der Waals surface area contributed by atoms with E-state index in [2.05, 4.69) is 57.4 Å². The third-order valence-corrected chi connectivity index (χ3v) is 15.8. The highest BCUT2D eigenvalue weighted by molar-refractivity contribution is 5.76. The fraction of sp³-hybridized carbons (Fsp3) is 0.917. The molecule has 0 bridgehead atoms. The van der Waals surface area contributed by atoms with Gasteiger partial charge in [-0.3, -0.25) is 9.59 Å². The molecule has 0 spiro atoms. The van der Waals surface area contributed by atoms with Gasteiger partial charge in [0.15, 0.2) is 0 Å². The molecular formula is C48H86N2O5. The van der Waals surface area contributed by atoms with E-state index in [4.69, 9.17) is 4.74 Å². The first-order valence-electron chi connectivity index (χ1n) is 23.7. The SMILES string of the molecule is CCCCCCCC/C=C\CCCCCCCC(=O)NCCOCCNC(=O)CC[C@@H](C)C1CC[C@H]2[C@@H]3[C@H](O)[C@H](CC)[C@@H]4C[C@H](O)CC[C@]4(C)[C@H]3CC[C@]12C. The molecule has 318 valence electrons. The fourth-order valence-corrected chi connectivity index (χ4v) is 12.7. The lowest BCUT2D eigenvalue weighted by molar-refractivity contribution is -0.203. The van der Waals surface area contributed by atoms with Crippen molar-refractivity contribution in [3.05, 3.63) is 12.2 Å². The summed E-state index contributed by atoms with van der Waals surface area (Å²) in [7, 11) is 0. The van der Waals surface area contributed by atoms with Crippen LogP contribution in [0.3, 0.4) is 0 Å². The summed E-state index contributed by atoms with van der Waals surface area (Å²) in [5.41, 5.74) is 0.454. The molecule has 4 saturated carbocycles. The molecular weight excluding hydrogens is 685 g/mol. The van der Waals surface area contributed by atoms with Crippen molar-refractivity contribution in [1.29, 1.82) is 0 Å². The number of ether oxygens (including phenoxy) is 1. The molecule has 4 fully saturated rings. The molecule has 7 nitrogen and oxygen atoms in total. The molecule has 0 heterocycles. The van der Waals surface area contributed by atoms with Crippen molar-refractivity contribution in [1.82, 2.24) is 10.6 Å². The minimum absolute atomic E-state index is 0.0964. The van der Waals surface area contributed by atoms with Gasteiger partial charge in [-0.2, -0.15) is 0 Å². The molecule has 55 heavy (non-hydrogen) atoms. The van der Waals surface area contributed by atoms with Gasteiger partial charge in [-0.15, -0.1) is 0 Å². The van der Waals surface area contributed by atoms with Gasteiger partial charge < -0.3 is 25.6 Å². The number of carbonyl (C=O) groups is 2. The number of aliphatic hydroxyl groups excluding tert-OH is 2. The van der Waals surface area contributed by atoms with Crippen LogP contribution in [0.4, 0.5) is 0 Å². The molecule has 2 amide bonds. The van der Waals surface area contributed by atoms with Crippen molar-refractivity contribution in [3.63, 3.8) is 0 Å². The number of nitrogens with one attached hydrogen (secondary N) is 2. The summed E-state index contributed by atoms with van der Waals surface area (Å²) in [6.45, 7) is 13.8. The normalized spacial score (nSPS) is 33.5. The van der Waals surface area contributed by atoms with E-state index in [0.29, 0.717) is 80.6 Å². The van der Waals surface area contributed by atoms with E-state index < -0.39 is 0 Å². The van der Waals surface area contributed by atoms with Gasteiger partial charge in [-0.25, -0.2) is 0 Å². The molecule has 0 aromatic heterocycles. The van der Waals surface area contributed by atoms with Crippen LogP contribution in [0.25, 0.3) is 0 Å². The maximum Gasteiger partial charge on any atom is 0.220 e. The van der Waals surface area contributed by atoms with E-state index in [0.717, 1.165) is 44.9 Å². The predicted molar refractivity (Wildman–Crippen MR) is 226 cm³/mol. The zero-order chi connectivity index (χ0) is 39.7. The van der Waals surface area contributed by atoms with Crippen LogP contribution in [0.2, 0.25) is 0 Å². The Morgan fingerprint density at radius 3 is 1.96 bits per heavy atom. The molecule has 11 atom stereocenters. The van der Waals surface area contributed by atoms with Gasteiger partial charge in [0.05, 0.1) is 25.4 Å². The predicted octanol–water partition coefficient (Wildman–Crippen LogP) is 10.3. The maximum absolute atomic E-state index is 12.8. The highest BCUT2D eigenvalue weighted by Crippen LogP contribution is 2.69. The monoisotopic (exact) mass is 771 g/mol. The Kier molecular flexibility index (Phi) is 20.0. The van der Waals surface area contributed by atoms with E-state index in [1.165, 1.54) is 96.3 Å². The van der Waals surface area contributed by atoms with E-state index in [9.17, 15) is 19.8 Å². The lowest BCUT2D eigenvalue weighted by atomic mass is 9.41.